The lowest BCUT2D eigenvalue weighted by atomic mass is 9.66. The van der Waals surface area contributed by atoms with Crippen LogP contribution in [0.3, 0.4) is 0 Å². The summed E-state index contributed by atoms with van der Waals surface area (Å²) in [7, 11) is 2.93. The van der Waals surface area contributed by atoms with Crippen LogP contribution < -0.4 is 24.7 Å². The average Bonchev–Trinajstić information content (AvgIpc) is 3.42. The van der Waals surface area contributed by atoms with Crippen molar-refractivity contribution in [1.82, 2.24) is 0 Å². The van der Waals surface area contributed by atoms with Gasteiger partial charge in [-0.2, -0.15) is 0 Å². The van der Waals surface area contributed by atoms with Crippen molar-refractivity contribution in [2.24, 2.45) is 17.6 Å². The minimum atomic E-state index is -0.496. The largest absolute Gasteiger partial charge is 0.502 e. The summed E-state index contributed by atoms with van der Waals surface area (Å²) in [6.07, 6.45) is -0.378. The first-order chi connectivity index (χ1) is 15.6. The molecule has 2 unspecified atom stereocenters. The van der Waals surface area contributed by atoms with Crippen molar-refractivity contribution in [2.45, 2.75) is 12.0 Å². The fourth-order valence-corrected chi connectivity index (χ4v) is 5.01. The fraction of sp³-hybridized carbons (Fsp3) is 0.435. The van der Waals surface area contributed by atoms with E-state index in [2.05, 4.69) is 0 Å². The van der Waals surface area contributed by atoms with E-state index in [4.69, 9.17) is 34.2 Å². The molecule has 2 aliphatic heterocycles. The molecule has 9 nitrogen and oxygen atoms in total. The number of rotatable bonds is 6. The first-order valence-electron chi connectivity index (χ1n) is 10.4. The molecule has 3 N–H and O–H groups in total. The standard InChI is InChI=1S/C23H25NO8.ClH/c1-27-17-5-11(6-18(28-2)21(17)25)19-12-7-15-16(32-10-31-15)8-13(12)22(29-4-3-24)14-9-30-23(26)20(14)19;/h5-8,14,19-20,22,25H,3-4,9-10,24H2,1-2H3;1H/t14-,19?,20?,22+;/m0./s1. The van der Waals surface area contributed by atoms with Crippen LogP contribution in [0.25, 0.3) is 0 Å². The molecular formula is C23H26ClNO8. The van der Waals surface area contributed by atoms with Gasteiger partial charge in [0.15, 0.2) is 23.0 Å². The molecule has 0 aromatic heterocycles. The summed E-state index contributed by atoms with van der Waals surface area (Å²) in [6.45, 7) is 1.09. The number of fused-ring (bicyclic) bond motifs is 3. The summed E-state index contributed by atoms with van der Waals surface area (Å²) < 4.78 is 33.6. The van der Waals surface area contributed by atoms with Crippen LogP contribution in [0.5, 0.6) is 28.7 Å². The minimum absolute atomic E-state index is 0. The van der Waals surface area contributed by atoms with Crippen molar-refractivity contribution in [3.63, 3.8) is 0 Å². The summed E-state index contributed by atoms with van der Waals surface area (Å²) >= 11 is 0. The molecule has 0 bridgehead atoms. The van der Waals surface area contributed by atoms with Crippen LogP contribution in [0.2, 0.25) is 0 Å². The molecule has 1 aliphatic carbocycles. The van der Waals surface area contributed by atoms with Crippen LogP contribution in [0.4, 0.5) is 0 Å². The number of nitrogens with two attached hydrogens (primary N) is 1. The SMILES string of the molecule is COc1cc(C2c3cc4c(cc3[C@@H](OCCN)[C@H]3COC(=O)C23)OCO4)cc(OC)c1O.Cl. The van der Waals surface area contributed by atoms with Crippen LogP contribution in [0, 0.1) is 11.8 Å². The van der Waals surface area contributed by atoms with Crippen molar-refractivity contribution >= 4 is 18.4 Å². The van der Waals surface area contributed by atoms with Crippen LogP contribution in [0.1, 0.15) is 28.7 Å². The number of methoxy groups -OCH3 is 2. The van der Waals surface area contributed by atoms with Crippen LogP contribution in [-0.2, 0) is 14.3 Å². The zero-order chi connectivity index (χ0) is 22.4. The van der Waals surface area contributed by atoms with E-state index in [9.17, 15) is 9.90 Å². The Morgan fingerprint density at radius 1 is 1.03 bits per heavy atom. The van der Waals surface area contributed by atoms with E-state index >= 15 is 0 Å². The molecule has 0 saturated carbocycles. The van der Waals surface area contributed by atoms with Gasteiger partial charge < -0.3 is 39.3 Å². The molecule has 5 rings (SSSR count). The molecule has 0 spiro atoms. The normalized spacial score (nSPS) is 24.4. The van der Waals surface area contributed by atoms with E-state index in [-0.39, 0.29) is 67.0 Å². The number of phenolic OH excluding ortho intramolecular Hbond substituents is 1. The first kappa shape index (κ1) is 23.3. The van der Waals surface area contributed by atoms with Crippen LogP contribution in [-0.4, -0.2) is 51.8 Å². The Bertz CT molecular complexity index is 1040. The van der Waals surface area contributed by atoms with Gasteiger partial charge in [-0.25, -0.2) is 0 Å². The maximum Gasteiger partial charge on any atom is 0.310 e. The topological polar surface area (TPSA) is 119 Å². The number of hydrogen-bond acceptors (Lipinski definition) is 9. The quantitative estimate of drug-likeness (QED) is 0.602. The highest BCUT2D eigenvalue weighted by Gasteiger charge is 2.53. The molecule has 0 radical (unpaired) electrons. The summed E-state index contributed by atoms with van der Waals surface area (Å²) in [4.78, 5) is 13.0. The Balaban J connectivity index is 0.00000259. The fourth-order valence-electron chi connectivity index (χ4n) is 5.01. The van der Waals surface area contributed by atoms with Crippen molar-refractivity contribution in [3.8, 4) is 28.7 Å². The van der Waals surface area contributed by atoms with Gasteiger partial charge in [-0.05, 0) is 41.0 Å². The van der Waals surface area contributed by atoms with Gasteiger partial charge in [0, 0.05) is 18.4 Å². The highest BCUT2D eigenvalue weighted by molar-refractivity contribution is 5.85. The highest BCUT2D eigenvalue weighted by atomic mass is 35.5. The van der Waals surface area contributed by atoms with E-state index in [0.29, 0.717) is 24.7 Å². The Hall–Kier alpha value is -2.88. The third kappa shape index (κ3) is 3.70. The van der Waals surface area contributed by atoms with Gasteiger partial charge in [-0.15, -0.1) is 12.4 Å². The van der Waals surface area contributed by atoms with Gasteiger partial charge in [0.05, 0.1) is 39.5 Å². The predicted octanol–water partition coefficient (Wildman–Crippen LogP) is 2.51. The van der Waals surface area contributed by atoms with Crippen molar-refractivity contribution in [2.75, 3.05) is 40.8 Å². The molecule has 4 atom stereocenters. The zero-order valence-electron chi connectivity index (χ0n) is 18.2. The number of phenols is 1. The van der Waals surface area contributed by atoms with Gasteiger partial charge in [-0.1, -0.05) is 0 Å². The van der Waals surface area contributed by atoms with E-state index in [0.717, 1.165) is 16.7 Å². The second kappa shape index (κ2) is 9.17. The van der Waals surface area contributed by atoms with E-state index in [1.807, 2.05) is 12.1 Å². The lowest BCUT2D eigenvalue weighted by Crippen LogP contribution is -2.36. The molecule has 1 fully saturated rings. The molecule has 0 amide bonds. The third-order valence-electron chi connectivity index (χ3n) is 6.40. The van der Waals surface area contributed by atoms with Crippen LogP contribution >= 0.6 is 12.4 Å². The second-order valence-corrected chi connectivity index (χ2v) is 7.99. The Labute approximate surface area is 197 Å². The van der Waals surface area contributed by atoms with Gasteiger partial charge >= 0.3 is 5.97 Å². The third-order valence-corrected chi connectivity index (χ3v) is 6.40. The van der Waals surface area contributed by atoms with Crippen molar-refractivity contribution in [1.29, 1.82) is 0 Å². The first-order valence-corrected chi connectivity index (χ1v) is 10.4. The summed E-state index contributed by atoms with van der Waals surface area (Å²) in [5.74, 6) is 0.258. The monoisotopic (exact) mass is 479 g/mol. The smallest absolute Gasteiger partial charge is 0.310 e. The minimum Gasteiger partial charge on any atom is -0.502 e. The van der Waals surface area contributed by atoms with Gasteiger partial charge in [-0.3, -0.25) is 4.79 Å². The summed E-state index contributed by atoms with van der Waals surface area (Å²) in [5.41, 5.74) is 8.22. The molecule has 33 heavy (non-hydrogen) atoms. The number of hydrogen-bond donors (Lipinski definition) is 2. The Morgan fingerprint density at radius 2 is 1.67 bits per heavy atom. The van der Waals surface area contributed by atoms with Crippen molar-refractivity contribution in [3.05, 3.63) is 41.0 Å². The van der Waals surface area contributed by atoms with E-state index < -0.39 is 5.92 Å². The average molecular weight is 480 g/mol. The molecule has 10 heteroatoms. The van der Waals surface area contributed by atoms with E-state index in [1.165, 1.54) is 14.2 Å². The Kier molecular flexibility index (Phi) is 6.47. The predicted molar refractivity (Wildman–Crippen MR) is 119 cm³/mol. The molecule has 3 aliphatic rings. The number of ether oxygens (including phenoxy) is 6. The highest BCUT2D eigenvalue weighted by Crippen LogP contribution is 2.56. The number of carbonyl (C=O) groups excluding carboxylic acids is 1. The molecular weight excluding hydrogens is 454 g/mol. The molecule has 178 valence electrons. The van der Waals surface area contributed by atoms with E-state index in [1.54, 1.807) is 12.1 Å². The maximum atomic E-state index is 13.0. The Morgan fingerprint density at radius 3 is 2.27 bits per heavy atom. The lowest BCUT2D eigenvalue weighted by Gasteiger charge is -2.39. The van der Waals surface area contributed by atoms with Gasteiger partial charge in [0.25, 0.3) is 0 Å². The van der Waals surface area contributed by atoms with Crippen LogP contribution in [0.15, 0.2) is 24.3 Å². The van der Waals surface area contributed by atoms with Gasteiger partial charge in [0.2, 0.25) is 12.5 Å². The molecule has 1 saturated heterocycles. The molecule has 2 aromatic carbocycles. The van der Waals surface area contributed by atoms with Crippen molar-refractivity contribution < 1.29 is 38.3 Å². The summed E-state index contributed by atoms with van der Waals surface area (Å²) in [6, 6.07) is 7.26. The number of carbonyl (C=O) groups is 1. The number of benzene rings is 2. The van der Waals surface area contributed by atoms with Gasteiger partial charge in [0.1, 0.15) is 0 Å². The number of aromatic hydroxyl groups is 1. The number of esters is 1. The summed E-state index contributed by atoms with van der Waals surface area (Å²) in [5, 5.41) is 10.4. The lowest BCUT2D eigenvalue weighted by molar-refractivity contribution is -0.141. The number of halogens is 1. The second-order valence-electron chi connectivity index (χ2n) is 7.99. The molecule has 2 aromatic rings. The maximum absolute atomic E-state index is 13.0. The molecule has 2 heterocycles. The zero-order valence-corrected chi connectivity index (χ0v) is 19.1. The number of cyclic esters (lactones) is 1.